The summed E-state index contributed by atoms with van der Waals surface area (Å²) < 4.78 is 33.9. The lowest BCUT2D eigenvalue weighted by molar-refractivity contribution is -0.146. The van der Waals surface area contributed by atoms with Crippen molar-refractivity contribution in [3.8, 4) is 0 Å². The van der Waals surface area contributed by atoms with Crippen molar-refractivity contribution in [3.63, 3.8) is 0 Å². The number of sulfonamides is 1. The van der Waals surface area contributed by atoms with E-state index in [0.29, 0.717) is 24.4 Å². The molecule has 4 rings (SSSR count). The maximum Gasteiger partial charge on any atom is 0.329 e. The second kappa shape index (κ2) is 7.59. The number of carbonyl (C=O) groups excluding carboxylic acids is 1. The predicted octanol–water partition coefficient (Wildman–Crippen LogP) is 2.86. The minimum absolute atomic E-state index is 0.166. The number of nitrogens with zero attached hydrogens (tertiary/aromatic N) is 2. The van der Waals surface area contributed by atoms with Crippen molar-refractivity contribution in [1.29, 1.82) is 0 Å². The molecule has 2 aliphatic heterocycles. The van der Waals surface area contributed by atoms with E-state index < -0.39 is 16.1 Å². The summed E-state index contributed by atoms with van der Waals surface area (Å²) in [6.07, 6.45) is 5.08. The van der Waals surface area contributed by atoms with E-state index in [2.05, 4.69) is 4.40 Å². The Labute approximate surface area is 164 Å². The van der Waals surface area contributed by atoms with E-state index in [1.54, 1.807) is 35.2 Å². The Morgan fingerprint density at radius 1 is 1.14 bits per heavy atom. The van der Waals surface area contributed by atoms with Crippen LogP contribution in [0.3, 0.4) is 0 Å². The number of hydrogen-bond acceptors (Lipinski definition) is 5. The van der Waals surface area contributed by atoms with Gasteiger partial charge in [-0.2, -0.15) is 8.42 Å². The zero-order chi connectivity index (χ0) is 19.6. The number of ether oxygens (including phenoxy) is 1. The molecule has 144 valence electrons. The summed E-state index contributed by atoms with van der Waals surface area (Å²) >= 11 is 0. The molecule has 2 heterocycles. The molecule has 0 amide bonds. The molecule has 7 heteroatoms. The largest absolute Gasteiger partial charge is 0.460 e. The van der Waals surface area contributed by atoms with Crippen molar-refractivity contribution in [1.82, 2.24) is 4.90 Å². The first-order chi connectivity index (χ1) is 13.6. The van der Waals surface area contributed by atoms with Gasteiger partial charge in [-0.15, -0.1) is 4.40 Å². The van der Waals surface area contributed by atoms with Gasteiger partial charge in [-0.05, 0) is 36.6 Å². The van der Waals surface area contributed by atoms with Crippen LogP contribution in [0.4, 0.5) is 0 Å². The lowest BCUT2D eigenvalue weighted by Gasteiger charge is -2.24. The summed E-state index contributed by atoms with van der Waals surface area (Å²) in [6.45, 7) is 0.738. The van der Waals surface area contributed by atoms with Crippen LogP contribution in [-0.4, -0.2) is 44.3 Å². The lowest BCUT2D eigenvalue weighted by Crippen LogP contribution is -2.41. The van der Waals surface area contributed by atoms with E-state index in [1.165, 1.54) is 0 Å². The number of carbonyl (C=O) groups is 1. The third-order valence-corrected chi connectivity index (χ3v) is 6.17. The van der Waals surface area contributed by atoms with E-state index in [0.717, 1.165) is 12.0 Å². The molecular weight excluding hydrogens is 376 g/mol. The number of benzene rings is 2. The Bertz CT molecular complexity index is 1050. The van der Waals surface area contributed by atoms with Crippen LogP contribution >= 0.6 is 0 Å². The maximum atomic E-state index is 12.6. The number of amidine groups is 1. The van der Waals surface area contributed by atoms with E-state index in [1.807, 2.05) is 36.4 Å². The van der Waals surface area contributed by atoms with Gasteiger partial charge in [-0.25, -0.2) is 4.79 Å². The van der Waals surface area contributed by atoms with Gasteiger partial charge in [0.2, 0.25) is 0 Å². The average Bonchev–Trinajstić information content (AvgIpc) is 3.29. The molecule has 1 atom stereocenters. The number of fused-ring (bicyclic) bond motifs is 1. The summed E-state index contributed by atoms with van der Waals surface area (Å²) in [6, 6.07) is 15.9. The van der Waals surface area contributed by atoms with Crippen molar-refractivity contribution in [3.05, 3.63) is 71.8 Å². The fraction of sp³-hybridized carbons (Fsp3) is 0.238. The summed E-state index contributed by atoms with van der Waals surface area (Å²) in [5.74, 6) is -0.0189. The van der Waals surface area contributed by atoms with Crippen molar-refractivity contribution >= 4 is 27.9 Å². The molecule has 2 aromatic rings. The van der Waals surface area contributed by atoms with Crippen molar-refractivity contribution in [2.24, 2.45) is 4.40 Å². The van der Waals surface area contributed by atoms with E-state index in [4.69, 9.17) is 4.74 Å². The molecule has 1 unspecified atom stereocenters. The standard InChI is InChI=1S/C21H20N2O4S/c24-21(27-15-7-10-16-8-2-1-3-9-16)18-12-6-14-23(18)20-17-11-4-5-13-19(17)28(25,26)22-20/h1-5,7-11,13,18H,6,12,14-15H2. The lowest BCUT2D eigenvalue weighted by atomic mass is 10.1. The molecule has 0 N–H and O–H groups in total. The topological polar surface area (TPSA) is 76.0 Å². The van der Waals surface area contributed by atoms with Crippen LogP contribution in [0.15, 0.2) is 70.0 Å². The Balaban J connectivity index is 1.45. The molecular formula is C21H20N2O4S. The van der Waals surface area contributed by atoms with E-state index in [-0.39, 0.29) is 17.5 Å². The maximum absolute atomic E-state index is 12.6. The first-order valence-corrected chi connectivity index (χ1v) is 10.6. The Hall–Kier alpha value is -2.93. The van der Waals surface area contributed by atoms with Gasteiger partial charge in [0.15, 0.2) is 5.84 Å². The molecule has 0 saturated carbocycles. The minimum atomic E-state index is -3.71. The zero-order valence-corrected chi connectivity index (χ0v) is 16.0. The molecule has 0 bridgehead atoms. The first-order valence-electron chi connectivity index (χ1n) is 9.15. The van der Waals surface area contributed by atoms with Crippen molar-refractivity contribution in [2.75, 3.05) is 13.2 Å². The van der Waals surface area contributed by atoms with Crippen molar-refractivity contribution in [2.45, 2.75) is 23.8 Å². The smallest absolute Gasteiger partial charge is 0.329 e. The second-order valence-corrected chi connectivity index (χ2v) is 8.25. The molecule has 0 spiro atoms. The highest BCUT2D eigenvalue weighted by Gasteiger charge is 2.39. The number of esters is 1. The monoisotopic (exact) mass is 396 g/mol. The molecule has 2 aliphatic rings. The van der Waals surface area contributed by atoms with Gasteiger partial charge in [0, 0.05) is 12.1 Å². The molecule has 2 aromatic carbocycles. The van der Waals surface area contributed by atoms with Crippen LogP contribution in [0, 0.1) is 0 Å². The molecule has 0 aromatic heterocycles. The van der Waals surface area contributed by atoms with Crippen molar-refractivity contribution < 1.29 is 17.9 Å². The fourth-order valence-electron chi connectivity index (χ4n) is 3.54. The van der Waals surface area contributed by atoms with Crippen LogP contribution < -0.4 is 0 Å². The van der Waals surface area contributed by atoms with Gasteiger partial charge in [-0.3, -0.25) is 0 Å². The fourth-order valence-corrected chi connectivity index (χ4v) is 4.75. The molecule has 6 nitrogen and oxygen atoms in total. The highest BCUT2D eigenvalue weighted by Crippen LogP contribution is 2.31. The first kappa shape index (κ1) is 18.4. The summed E-state index contributed by atoms with van der Waals surface area (Å²) in [4.78, 5) is 14.5. The molecule has 28 heavy (non-hydrogen) atoms. The van der Waals surface area contributed by atoms with Gasteiger partial charge in [0.05, 0.1) is 0 Å². The van der Waals surface area contributed by atoms with Gasteiger partial charge in [-0.1, -0.05) is 48.5 Å². The van der Waals surface area contributed by atoms with Gasteiger partial charge in [0.1, 0.15) is 17.5 Å². The number of hydrogen-bond donors (Lipinski definition) is 0. The highest BCUT2D eigenvalue weighted by atomic mass is 32.2. The third-order valence-electron chi connectivity index (χ3n) is 4.84. The summed E-state index contributed by atoms with van der Waals surface area (Å²) in [5.41, 5.74) is 1.58. The Morgan fingerprint density at radius 3 is 2.71 bits per heavy atom. The number of likely N-dealkylation sites (tertiary alicyclic amines) is 1. The van der Waals surface area contributed by atoms with Crippen LogP contribution in [0.2, 0.25) is 0 Å². The number of rotatable bonds is 4. The minimum Gasteiger partial charge on any atom is -0.460 e. The molecule has 0 aliphatic carbocycles. The van der Waals surface area contributed by atoms with E-state index in [9.17, 15) is 13.2 Å². The summed E-state index contributed by atoms with van der Waals surface area (Å²) in [5, 5.41) is 0. The molecule has 1 fully saturated rings. The Kier molecular flexibility index (Phi) is 5.00. The molecule has 0 radical (unpaired) electrons. The van der Waals surface area contributed by atoms with Gasteiger partial charge < -0.3 is 9.64 Å². The SMILES string of the molecule is O=C(OCC=Cc1ccccc1)C1CCCN1C1=NS(=O)(=O)c2ccccc21. The van der Waals surface area contributed by atoms with Crippen LogP contribution in [-0.2, 0) is 19.6 Å². The van der Waals surface area contributed by atoms with Crippen LogP contribution in [0.25, 0.3) is 6.08 Å². The third kappa shape index (κ3) is 3.57. The van der Waals surface area contributed by atoms with Crippen LogP contribution in [0.5, 0.6) is 0 Å². The molecule has 1 saturated heterocycles. The predicted molar refractivity (Wildman–Crippen MR) is 106 cm³/mol. The van der Waals surface area contributed by atoms with E-state index >= 15 is 0 Å². The van der Waals surface area contributed by atoms with Crippen LogP contribution in [0.1, 0.15) is 24.0 Å². The van der Waals surface area contributed by atoms with Gasteiger partial charge >= 0.3 is 5.97 Å². The summed E-state index contributed by atoms with van der Waals surface area (Å²) in [7, 11) is -3.71. The second-order valence-electron chi connectivity index (χ2n) is 6.68. The quantitative estimate of drug-likeness (QED) is 0.743. The Morgan fingerprint density at radius 2 is 1.89 bits per heavy atom. The highest BCUT2D eigenvalue weighted by molar-refractivity contribution is 7.90. The normalized spacial score (nSPS) is 20.2. The average molecular weight is 396 g/mol. The van der Waals surface area contributed by atoms with Gasteiger partial charge in [0.25, 0.3) is 10.0 Å². The zero-order valence-electron chi connectivity index (χ0n) is 15.2.